The molecule has 0 aliphatic carbocycles. The molecule has 2 saturated heterocycles. The highest BCUT2D eigenvalue weighted by atomic mass is 16.4. The van der Waals surface area contributed by atoms with Gasteiger partial charge in [-0.2, -0.15) is 0 Å². The Morgan fingerprint density at radius 3 is 3.00 bits per heavy atom. The Hall–Kier alpha value is -1.36. The molecule has 94 valence electrons. The van der Waals surface area contributed by atoms with E-state index in [-0.39, 0.29) is 17.5 Å². The summed E-state index contributed by atoms with van der Waals surface area (Å²) in [5, 5.41) is 11.8. The number of amides is 1. The Bertz CT molecular complexity index is 354. The van der Waals surface area contributed by atoms with Crippen LogP contribution in [0.15, 0.2) is 12.2 Å². The number of carbonyl (C=O) groups is 2. The Morgan fingerprint density at radius 1 is 1.53 bits per heavy atom. The van der Waals surface area contributed by atoms with Gasteiger partial charge in [0.15, 0.2) is 0 Å². The van der Waals surface area contributed by atoms with Crippen molar-refractivity contribution >= 4 is 11.9 Å². The number of carbonyl (C=O) groups excluding carboxylic acids is 1. The molecule has 2 fully saturated rings. The zero-order valence-corrected chi connectivity index (χ0v) is 9.82. The number of aliphatic carboxylic acids is 1. The van der Waals surface area contributed by atoms with Gasteiger partial charge in [0.05, 0.1) is 0 Å². The number of fused-ring (bicyclic) bond motifs is 1. The normalized spacial score (nSPS) is 29.3. The van der Waals surface area contributed by atoms with Gasteiger partial charge in [0, 0.05) is 37.7 Å². The van der Waals surface area contributed by atoms with E-state index in [9.17, 15) is 9.59 Å². The quantitative estimate of drug-likeness (QED) is 0.690. The third kappa shape index (κ3) is 2.85. The molecular formula is C12H18N2O3. The summed E-state index contributed by atoms with van der Waals surface area (Å²) in [6.07, 6.45) is 2.41. The molecule has 0 aromatic carbocycles. The summed E-state index contributed by atoms with van der Waals surface area (Å²) < 4.78 is 0. The average Bonchev–Trinajstić information content (AvgIpc) is 2.29. The molecule has 0 saturated carbocycles. The summed E-state index contributed by atoms with van der Waals surface area (Å²) in [5.74, 6) is -0.318. The van der Waals surface area contributed by atoms with E-state index in [1.807, 2.05) is 0 Å². The van der Waals surface area contributed by atoms with Gasteiger partial charge >= 0.3 is 5.97 Å². The molecule has 5 heteroatoms. The number of likely N-dealkylation sites (tertiary alicyclic amines) is 1. The fraction of sp³-hybridized carbons (Fsp3) is 0.667. The molecule has 0 spiro atoms. The van der Waals surface area contributed by atoms with Gasteiger partial charge in [0.2, 0.25) is 5.91 Å². The highest BCUT2D eigenvalue weighted by Gasteiger charge is 2.33. The molecule has 2 rings (SSSR count). The number of hydrogen-bond donors (Lipinski definition) is 2. The lowest BCUT2D eigenvalue weighted by atomic mass is 9.85. The maximum absolute atomic E-state index is 11.3. The van der Waals surface area contributed by atoms with Crippen LogP contribution in [0, 0.1) is 5.92 Å². The lowest BCUT2D eigenvalue weighted by Gasteiger charge is -2.41. The molecule has 1 amide bonds. The van der Waals surface area contributed by atoms with Crippen molar-refractivity contribution in [3.8, 4) is 0 Å². The molecule has 0 bridgehead atoms. The number of nitrogens with zero attached hydrogens (tertiary/aromatic N) is 1. The maximum atomic E-state index is 11.3. The first kappa shape index (κ1) is 12.1. The second-order valence-corrected chi connectivity index (χ2v) is 4.91. The van der Waals surface area contributed by atoms with Crippen molar-refractivity contribution in [1.82, 2.24) is 10.2 Å². The van der Waals surface area contributed by atoms with Crippen LogP contribution in [-0.2, 0) is 9.59 Å². The molecule has 2 atom stereocenters. The van der Waals surface area contributed by atoms with Crippen molar-refractivity contribution < 1.29 is 14.7 Å². The van der Waals surface area contributed by atoms with Crippen molar-refractivity contribution in [2.24, 2.45) is 5.92 Å². The minimum atomic E-state index is -0.927. The molecular weight excluding hydrogens is 220 g/mol. The van der Waals surface area contributed by atoms with E-state index >= 15 is 0 Å². The number of hydrogen-bond acceptors (Lipinski definition) is 3. The van der Waals surface area contributed by atoms with E-state index in [1.54, 1.807) is 0 Å². The predicted octanol–water partition coefficient (Wildman–Crippen LogP) is 0.228. The van der Waals surface area contributed by atoms with Gasteiger partial charge in [-0.25, -0.2) is 4.79 Å². The van der Waals surface area contributed by atoms with Crippen molar-refractivity contribution in [3.63, 3.8) is 0 Å². The molecule has 2 unspecified atom stereocenters. The molecule has 2 heterocycles. The standard InChI is InChI=1S/C12H18N2O3/c1-8(12(16)17)6-14-5-4-10-9(7-14)2-3-11(15)13-10/h9-10H,1-7H2,(H,13,15)(H,16,17). The summed E-state index contributed by atoms with van der Waals surface area (Å²) >= 11 is 0. The monoisotopic (exact) mass is 238 g/mol. The van der Waals surface area contributed by atoms with E-state index in [4.69, 9.17) is 5.11 Å². The van der Waals surface area contributed by atoms with E-state index in [0.717, 1.165) is 25.9 Å². The Balaban J connectivity index is 1.88. The van der Waals surface area contributed by atoms with Gasteiger partial charge in [0.25, 0.3) is 0 Å². The van der Waals surface area contributed by atoms with Crippen molar-refractivity contribution in [2.45, 2.75) is 25.3 Å². The summed E-state index contributed by atoms with van der Waals surface area (Å²) in [5.41, 5.74) is 0.239. The predicted molar refractivity (Wildman–Crippen MR) is 62.5 cm³/mol. The fourth-order valence-electron chi connectivity index (χ4n) is 2.67. The van der Waals surface area contributed by atoms with E-state index in [2.05, 4.69) is 16.8 Å². The first-order valence-corrected chi connectivity index (χ1v) is 5.99. The maximum Gasteiger partial charge on any atom is 0.332 e. The minimum Gasteiger partial charge on any atom is -0.478 e. The summed E-state index contributed by atoms with van der Waals surface area (Å²) in [6.45, 7) is 5.66. The number of nitrogens with one attached hydrogen (secondary N) is 1. The van der Waals surface area contributed by atoms with Crippen LogP contribution in [0.25, 0.3) is 0 Å². The van der Waals surface area contributed by atoms with Crippen LogP contribution < -0.4 is 5.32 Å². The van der Waals surface area contributed by atoms with Gasteiger partial charge in [-0.15, -0.1) is 0 Å². The molecule has 2 N–H and O–H groups in total. The van der Waals surface area contributed by atoms with Crippen molar-refractivity contribution in [1.29, 1.82) is 0 Å². The number of rotatable bonds is 3. The van der Waals surface area contributed by atoms with Crippen LogP contribution in [0.4, 0.5) is 0 Å². The molecule has 0 radical (unpaired) electrons. The topological polar surface area (TPSA) is 69.6 Å². The molecule has 2 aliphatic heterocycles. The summed E-state index contributed by atoms with van der Waals surface area (Å²) in [7, 11) is 0. The highest BCUT2D eigenvalue weighted by Crippen LogP contribution is 2.25. The molecule has 0 aromatic rings. The number of carboxylic acid groups (broad SMARTS) is 1. The zero-order valence-electron chi connectivity index (χ0n) is 9.82. The number of piperidine rings is 2. The zero-order chi connectivity index (χ0) is 12.4. The average molecular weight is 238 g/mol. The fourth-order valence-corrected chi connectivity index (χ4v) is 2.67. The van der Waals surface area contributed by atoms with Crippen molar-refractivity contribution in [2.75, 3.05) is 19.6 Å². The van der Waals surface area contributed by atoms with Gasteiger partial charge in [-0.3, -0.25) is 9.69 Å². The third-order valence-electron chi connectivity index (χ3n) is 3.62. The second kappa shape index (κ2) is 4.87. The van der Waals surface area contributed by atoms with Gasteiger partial charge < -0.3 is 10.4 Å². The smallest absolute Gasteiger partial charge is 0.332 e. The molecule has 0 aromatic heterocycles. The van der Waals surface area contributed by atoms with E-state index in [1.165, 1.54) is 0 Å². The lowest BCUT2D eigenvalue weighted by Crippen LogP contribution is -2.54. The first-order valence-electron chi connectivity index (χ1n) is 5.99. The SMILES string of the molecule is C=C(CN1CCC2NC(=O)CCC2C1)C(=O)O. The molecule has 5 nitrogen and oxygen atoms in total. The summed E-state index contributed by atoms with van der Waals surface area (Å²) in [4.78, 5) is 24.1. The third-order valence-corrected chi connectivity index (χ3v) is 3.62. The molecule has 17 heavy (non-hydrogen) atoms. The van der Waals surface area contributed by atoms with Crippen LogP contribution in [0.3, 0.4) is 0 Å². The minimum absolute atomic E-state index is 0.148. The Labute approximate surface area is 100 Å². The Morgan fingerprint density at radius 2 is 2.29 bits per heavy atom. The van der Waals surface area contributed by atoms with Gasteiger partial charge in [-0.05, 0) is 18.8 Å². The van der Waals surface area contributed by atoms with E-state index in [0.29, 0.717) is 18.9 Å². The van der Waals surface area contributed by atoms with Crippen LogP contribution in [0.2, 0.25) is 0 Å². The van der Waals surface area contributed by atoms with Gasteiger partial charge in [-0.1, -0.05) is 6.58 Å². The Kier molecular flexibility index (Phi) is 3.47. The van der Waals surface area contributed by atoms with E-state index < -0.39 is 5.97 Å². The largest absolute Gasteiger partial charge is 0.478 e. The lowest BCUT2D eigenvalue weighted by molar-refractivity contribution is -0.133. The summed E-state index contributed by atoms with van der Waals surface area (Å²) in [6, 6.07) is 0.283. The van der Waals surface area contributed by atoms with Gasteiger partial charge in [0.1, 0.15) is 0 Å². The van der Waals surface area contributed by atoms with Crippen LogP contribution in [0.5, 0.6) is 0 Å². The number of carboxylic acids is 1. The second-order valence-electron chi connectivity index (χ2n) is 4.91. The van der Waals surface area contributed by atoms with Crippen LogP contribution in [0.1, 0.15) is 19.3 Å². The highest BCUT2D eigenvalue weighted by molar-refractivity contribution is 5.86. The first-order chi connectivity index (χ1) is 8.06. The van der Waals surface area contributed by atoms with Crippen LogP contribution >= 0.6 is 0 Å². The van der Waals surface area contributed by atoms with Crippen LogP contribution in [-0.4, -0.2) is 47.6 Å². The van der Waals surface area contributed by atoms with Crippen molar-refractivity contribution in [3.05, 3.63) is 12.2 Å². The molecule has 2 aliphatic rings.